The summed E-state index contributed by atoms with van der Waals surface area (Å²) in [4.78, 5) is 17.4. The molecule has 100 valence electrons. The van der Waals surface area contributed by atoms with Crippen LogP contribution in [0.2, 0.25) is 0 Å². The number of thiazole rings is 1. The molecule has 0 amide bonds. The molecule has 1 aromatic heterocycles. The summed E-state index contributed by atoms with van der Waals surface area (Å²) in [5.41, 5.74) is 1.23. The van der Waals surface area contributed by atoms with E-state index in [1.807, 2.05) is 6.92 Å². The molecule has 1 unspecified atom stereocenters. The van der Waals surface area contributed by atoms with Crippen molar-refractivity contribution in [2.75, 3.05) is 6.61 Å². The summed E-state index contributed by atoms with van der Waals surface area (Å²) in [6.07, 6.45) is 6.40. The first-order valence-corrected chi connectivity index (χ1v) is 7.67. The van der Waals surface area contributed by atoms with Gasteiger partial charge in [-0.1, -0.05) is 19.8 Å². The van der Waals surface area contributed by atoms with Gasteiger partial charge in [-0.3, -0.25) is 4.79 Å². The predicted octanol–water partition coefficient (Wildman–Crippen LogP) is 3.15. The summed E-state index contributed by atoms with van der Waals surface area (Å²) < 4.78 is 4.97. The zero-order valence-corrected chi connectivity index (χ0v) is 12.0. The first-order chi connectivity index (χ1) is 8.72. The van der Waals surface area contributed by atoms with Crippen molar-refractivity contribution in [1.29, 1.82) is 0 Å². The Kier molecular flexibility index (Phi) is 4.75. The molecule has 1 aromatic rings. The molecular formula is C14H21NO2S. The lowest BCUT2D eigenvalue weighted by Gasteiger charge is -2.20. The fourth-order valence-electron chi connectivity index (χ4n) is 2.56. The molecule has 2 rings (SSSR count). The summed E-state index contributed by atoms with van der Waals surface area (Å²) in [6, 6.07) is 0. The van der Waals surface area contributed by atoms with Crippen molar-refractivity contribution in [1.82, 2.24) is 4.98 Å². The number of hydrogen-bond acceptors (Lipinski definition) is 4. The van der Waals surface area contributed by atoms with Crippen molar-refractivity contribution in [3.05, 3.63) is 15.6 Å². The molecule has 0 fully saturated rings. The smallest absolute Gasteiger partial charge is 0.312 e. The van der Waals surface area contributed by atoms with Crippen molar-refractivity contribution in [3.8, 4) is 0 Å². The van der Waals surface area contributed by atoms with Gasteiger partial charge in [-0.05, 0) is 32.1 Å². The van der Waals surface area contributed by atoms with Crippen molar-refractivity contribution >= 4 is 17.3 Å². The molecule has 0 saturated carbocycles. The minimum Gasteiger partial charge on any atom is -0.466 e. The maximum atomic E-state index is 11.4. The standard InChI is InChI=1S/C14H21NO2S/c1-3-5-10-6-7-11-12(8-10)18-13(15-11)9-14(16)17-4-2/h10H,3-9H2,1-2H3. The van der Waals surface area contributed by atoms with E-state index in [-0.39, 0.29) is 5.97 Å². The van der Waals surface area contributed by atoms with Crippen molar-refractivity contribution < 1.29 is 9.53 Å². The highest BCUT2D eigenvalue weighted by Gasteiger charge is 2.22. The number of carbonyl (C=O) groups excluding carboxylic acids is 1. The molecule has 1 atom stereocenters. The lowest BCUT2D eigenvalue weighted by molar-refractivity contribution is -0.142. The molecule has 4 heteroatoms. The molecule has 1 heterocycles. The SMILES string of the molecule is CCCC1CCc2nc(CC(=O)OCC)sc2C1. The lowest BCUT2D eigenvalue weighted by Crippen LogP contribution is -2.12. The second-order valence-corrected chi connectivity index (χ2v) is 6.02. The second-order valence-electron chi connectivity index (χ2n) is 4.86. The Balaban J connectivity index is 1.99. The Labute approximate surface area is 113 Å². The fourth-order valence-corrected chi connectivity index (χ4v) is 3.78. The third kappa shape index (κ3) is 3.31. The molecule has 3 nitrogen and oxygen atoms in total. The summed E-state index contributed by atoms with van der Waals surface area (Å²) in [6.45, 7) is 4.52. The molecule has 18 heavy (non-hydrogen) atoms. The average molecular weight is 267 g/mol. The monoisotopic (exact) mass is 267 g/mol. The van der Waals surface area contributed by atoms with E-state index >= 15 is 0 Å². The van der Waals surface area contributed by atoms with Gasteiger partial charge >= 0.3 is 5.97 Å². The van der Waals surface area contributed by atoms with Gasteiger partial charge in [0.1, 0.15) is 5.01 Å². The van der Waals surface area contributed by atoms with Gasteiger partial charge in [0.15, 0.2) is 0 Å². The van der Waals surface area contributed by atoms with Crippen LogP contribution in [0.15, 0.2) is 0 Å². The van der Waals surface area contributed by atoms with Gasteiger partial charge in [0.05, 0.1) is 18.7 Å². The van der Waals surface area contributed by atoms with Crippen LogP contribution in [0.3, 0.4) is 0 Å². The zero-order valence-electron chi connectivity index (χ0n) is 11.2. The van der Waals surface area contributed by atoms with Crippen LogP contribution in [0.4, 0.5) is 0 Å². The quantitative estimate of drug-likeness (QED) is 0.769. The van der Waals surface area contributed by atoms with Gasteiger partial charge in [0, 0.05) is 4.88 Å². The number of ether oxygens (including phenoxy) is 1. The molecule has 1 aliphatic carbocycles. The molecule has 0 spiro atoms. The van der Waals surface area contributed by atoms with Crippen LogP contribution >= 0.6 is 11.3 Å². The number of nitrogens with zero attached hydrogens (tertiary/aromatic N) is 1. The summed E-state index contributed by atoms with van der Waals surface area (Å²) in [5.74, 6) is 0.659. The highest BCUT2D eigenvalue weighted by atomic mass is 32.1. The van der Waals surface area contributed by atoms with Crippen LogP contribution in [-0.4, -0.2) is 17.6 Å². The van der Waals surface area contributed by atoms with E-state index in [4.69, 9.17) is 4.74 Å². The second kappa shape index (κ2) is 6.32. The number of fused-ring (bicyclic) bond motifs is 1. The third-order valence-corrected chi connectivity index (χ3v) is 4.50. The van der Waals surface area contributed by atoms with Crippen LogP contribution in [-0.2, 0) is 28.8 Å². The molecule has 0 saturated heterocycles. The molecule has 0 radical (unpaired) electrons. The Bertz CT molecular complexity index is 414. The van der Waals surface area contributed by atoms with E-state index in [1.165, 1.54) is 29.8 Å². The van der Waals surface area contributed by atoms with Gasteiger partial charge in [0.25, 0.3) is 0 Å². The molecule has 0 bridgehead atoms. The van der Waals surface area contributed by atoms with E-state index in [9.17, 15) is 4.79 Å². The topological polar surface area (TPSA) is 39.2 Å². The van der Waals surface area contributed by atoms with Crippen LogP contribution in [0.5, 0.6) is 0 Å². The van der Waals surface area contributed by atoms with Crippen LogP contribution in [0, 0.1) is 5.92 Å². The fraction of sp³-hybridized carbons (Fsp3) is 0.714. The Hall–Kier alpha value is -0.900. The summed E-state index contributed by atoms with van der Waals surface area (Å²) >= 11 is 1.71. The third-order valence-electron chi connectivity index (χ3n) is 3.38. The van der Waals surface area contributed by atoms with E-state index < -0.39 is 0 Å². The Morgan fingerprint density at radius 3 is 3.06 bits per heavy atom. The predicted molar refractivity (Wildman–Crippen MR) is 72.9 cm³/mol. The van der Waals surface area contributed by atoms with E-state index in [1.54, 1.807) is 11.3 Å². The van der Waals surface area contributed by atoms with Crippen molar-refractivity contribution in [2.24, 2.45) is 5.92 Å². The van der Waals surface area contributed by atoms with Gasteiger partial charge in [0.2, 0.25) is 0 Å². The van der Waals surface area contributed by atoms with Gasteiger partial charge in [-0.15, -0.1) is 11.3 Å². The van der Waals surface area contributed by atoms with Gasteiger partial charge in [-0.2, -0.15) is 0 Å². The van der Waals surface area contributed by atoms with Crippen LogP contribution in [0.25, 0.3) is 0 Å². The molecule has 0 N–H and O–H groups in total. The molecular weight excluding hydrogens is 246 g/mol. The van der Waals surface area contributed by atoms with Crippen molar-refractivity contribution in [3.63, 3.8) is 0 Å². The molecule has 0 aromatic carbocycles. The maximum Gasteiger partial charge on any atom is 0.312 e. The lowest BCUT2D eigenvalue weighted by atomic mass is 9.88. The number of aromatic nitrogens is 1. The van der Waals surface area contributed by atoms with E-state index in [0.717, 1.165) is 23.8 Å². The zero-order chi connectivity index (χ0) is 13.0. The normalized spacial score (nSPS) is 18.4. The number of carbonyl (C=O) groups is 1. The summed E-state index contributed by atoms with van der Waals surface area (Å²) in [5, 5.41) is 0.926. The minimum atomic E-state index is -0.159. The number of hydrogen-bond donors (Lipinski definition) is 0. The largest absolute Gasteiger partial charge is 0.466 e. The molecule has 0 aliphatic heterocycles. The number of aryl methyl sites for hydroxylation is 1. The van der Waals surface area contributed by atoms with E-state index in [2.05, 4.69) is 11.9 Å². The number of esters is 1. The highest BCUT2D eigenvalue weighted by molar-refractivity contribution is 7.11. The van der Waals surface area contributed by atoms with Crippen LogP contribution < -0.4 is 0 Å². The Morgan fingerprint density at radius 1 is 1.50 bits per heavy atom. The van der Waals surface area contributed by atoms with Crippen LogP contribution in [0.1, 0.15) is 48.7 Å². The highest BCUT2D eigenvalue weighted by Crippen LogP contribution is 2.32. The first-order valence-electron chi connectivity index (χ1n) is 6.86. The summed E-state index contributed by atoms with van der Waals surface area (Å²) in [7, 11) is 0. The van der Waals surface area contributed by atoms with Crippen molar-refractivity contribution in [2.45, 2.75) is 52.4 Å². The molecule has 1 aliphatic rings. The minimum absolute atomic E-state index is 0.159. The van der Waals surface area contributed by atoms with Gasteiger partial charge < -0.3 is 4.74 Å². The first kappa shape index (κ1) is 13.5. The maximum absolute atomic E-state index is 11.4. The Morgan fingerprint density at radius 2 is 2.33 bits per heavy atom. The van der Waals surface area contributed by atoms with E-state index in [0.29, 0.717) is 13.0 Å². The van der Waals surface area contributed by atoms with Gasteiger partial charge in [-0.25, -0.2) is 4.98 Å². The number of rotatable bonds is 5. The average Bonchev–Trinajstić information content (AvgIpc) is 2.71.